The second-order valence-corrected chi connectivity index (χ2v) is 5.47. The molecule has 4 heteroatoms. The van der Waals surface area contributed by atoms with Gasteiger partial charge in [-0.1, -0.05) is 19.9 Å². The maximum Gasteiger partial charge on any atom is 0.268 e. The minimum Gasteiger partial charge on any atom is -0.362 e. The topological polar surface area (TPSA) is 45.0 Å². The number of rotatable bonds is 1. The standard InChI is InChI=1S/C16H17N3O/c1-10(2)15-16(20)17-8-7-11-9-18-12-5-4-6-13(14(11)12)19(15)3/h4-10,15H,1-3H3/b11-7-,17-8?. The van der Waals surface area contributed by atoms with Gasteiger partial charge in [-0.2, -0.15) is 0 Å². The van der Waals surface area contributed by atoms with E-state index in [9.17, 15) is 4.79 Å². The van der Waals surface area contributed by atoms with E-state index in [2.05, 4.69) is 9.98 Å². The van der Waals surface area contributed by atoms with Gasteiger partial charge < -0.3 is 4.90 Å². The first kappa shape index (κ1) is 12.8. The summed E-state index contributed by atoms with van der Waals surface area (Å²) in [5.41, 5.74) is 4.07. The normalized spacial score (nSPS) is 23.2. The number of carbonyl (C=O) groups is 1. The lowest BCUT2D eigenvalue weighted by molar-refractivity contribution is -0.119. The third kappa shape index (κ3) is 1.88. The summed E-state index contributed by atoms with van der Waals surface area (Å²) in [6.45, 7) is 4.08. The molecule has 20 heavy (non-hydrogen) atoms. The van der Waals surface area contributed by atoms with Gasteiger partial charge in [-0.25, -0.2) is 4.99 Å². The quantitative estimate of drug-likeness (QED) is 0.785. The summed E-state index contributed by atoms with van der Waals surface area (Å²) in [5.74, 6) is 0.0817. The van der Waals surface area contributed by atoms with Crippen molar-refractivity contribution in [1.29, 1.82) is 0 Å². The van der Waals surface area contributed by atoms with E-state index in [0.29, 0.717) is 0 Å². The van der Waals surface area contributed by atoms with E-state index < -0.39 is 0 Å². The Bertz CT molecular complexity index is 656. The van der Waals surface area contributed by atoms with Gasteiger partial charge in [0.2, 0.25) is 0 Å². The number of amides is 1. The molecule has 0 aliphatic carbocycles. The van der Waals surface area contributed by atoms with Crippen LogP contribution in [0, 0.1) is 5.92 Å². The number of nitrogens with zero attached hydrogens (tertiary/aromatic N) is 3. The van der Waals surface area contributed by atoms with Gasteiger partial charge in [0.1, 0.15) is 6.04 Å². The molecule has 1 aromatic rings. The maximum absolute atomic E-state index is 12.3. The van der Waals surface area contributed by atoms with Crippen molar-refractivity contribution in [2.45, 2.75) is 19.9 Å². The molecule has 2 aliphatic rings. The molecule has 0 bridgehead atoms. The van der Waals surface area contributed by atoms with Crippen LogP contribution in [0.4, 0.5) is 11.4 Å². The van der Waals surface area contributed by atoms with Crippen LogP contribution in [0.3, 0.4) is 0 Å². The molecule has 4 nitrogen and oxygen atoms in total. The van der Waals surface area contributed by atoms with Crippen molar-refractivity contribution >= 4 is 35.3 Å². The molecule has 2 aliphatic heterocycles. The molecule has 0 saturated carbocycles. The van der Waals surface area contributed by atoms with Gasteiger partial charge in [0.05, 0.1) is 5.69 Å². The van der Waals surface area contributed by atoms with E-state index in [1.54, 1.807) is 6.21 Å². The van der Waals surface area contributed by atoms with Crippen LogP contribution in [-0.2, 0) is 4.79 Å². The van der Waals surface area contributed by atoms with Crippen LogP contribution >= 0.6 is 0 Å². The van der Waals surface area contributed by atoms with Gasteiger partial charge >= 0.3 is 0 Å². The second-order valence-electron chi connectivity index (χ2n) is 5.47. The minimum atomic E-state index is -0.258. The van der Waals surface area contributed by atoms with Crippen molar-refractivity contribution in [2.24, 2.45) is 15.9 Å². The largest absolute Gasteiger partial charge is 0.362 e. The highest BCUT2D eigenvalue weighted by Gasteiger charge is 2.30. The molecule has 1 aromatic carbocycles. The second kappa shape index (κ2) is 4.71. The number of carbonyl (C=O) groups excluding carboxylic acids is 1. The monoisotopic (exact) mass is 267 g/mol. The predicted molar refractivity (Wildman–Crippen MR) is 83.1 cm³/mol. The zero-order valence-corrected chi connectivity index (χ0v) is 11.9. The number of allylic oxidation sites excluding steroid dienone is 2. The van der Waals surface area contributed by atoms with Crippen LogP contribution in [0.2, 0.25) is 0 Å². The summed E-state index contributed by atoms with van der Waals surface area (Å²) in [5, 5.41) is 0. The van der Waals surface area contributed by atoms with Gasteiger partial charge in [-0.15, -0.1) is 0 Å². The molecule has 2 heterocycles. The van der Waals surface area contributed by atoms with Crippen molar-refractivity contribution in [3.8, 4) is 0 Å². The van der Waals surface area contributed by atoms with E-state index in [1.807, 2.05) is 56.3 Å². The summed E-state index contributed by atoms with van der Waals surface area (Å²) in [4.78, 5) is 22.8. The highest BCUT2D eigenvalue weighted by atomic mass is 16.1. The van der Waals surface area contributed by atoms with Crippen LogP contribution in [0.25, 0.3) is 5.57 Å². The van der Waals surface area contributed by atoms with Gasteiger partial charge in [-0.3, -0.25) is 9.79 Å². The Hall–Kier alpha value is -2.23. The molecule has 0 fully saturated rings. The van der Waals surface area contributed by atoms with Crippen molar-refractivity contribution in [3.63, 3.8) is 0 Å². The van der Waals surface area contributed by atoms with Crippen molar-refractivity contribution in [3.05, 3.63) is 29.8 Å². The molecule has 1 unspecified atom stereocenters. The number of aliphatic imine (C=N–C) groups is 2. The molecular weight excluding hydrogens is 250 g/mol. The van der Waals surface area contributed by atoms with Crippen LogP contribution in [0.1, 0.15) is 19.4 Å². The van der Waals surface area contributed by atoms with Crippen LogP contribution in [-0.4, -0.2) is 31.4 Å². The van der Waals surface area contributed by atoms with Gasteiger partial charge in [0.15, 0.2) is 0 Å². The summed E-state index contributed by atoms with van der Waals surface area (Å²) in [7, 11) is 1.95. The highest BCUT2D eigenvalue weighted by Crippen LogP contribution is 2.39. The zero-order chi connectivity index (χ0) is 14.3. The van der Waals surface area contributed by atoms with Gasteiger partial charge in [0.25, 0.3) is 5.91 Å². The number of hydrogen-bond donors (Lipinski definition) is 0. The smallest absolute Gasteiger partial charge is 0.268 e. The van der Waals surface area contributed by atoms with E-state index in [4.69, 9.17) is 0 Å². The van der Waals surface area contributed by atoms with Crippen LogP contribution in [0.15, 0.2) is 34.3 Å². The van der Waals surface area contributed by atoms with E-state index in [1.165, 1.54) is 0 Å². The van der Waals surface area contributed by atoms with Crippen LogP contribution in [0.5, 0.6) is 0 Å². The molecule has 0 N–H and O–H groups in total. The molecule has 1 amide bonds. The molecular formula is C16H17N3O. The molecule has 0 radical (unpaired) electrons. The minimum absolute atomic E-state index is 0.103. The van der Waals surface area contributed by atoms with E-state index in [-0.39, 0.29) is 17.9 Å². The number of anilines is 1. The molecule has 0 saturated heterocycles. The first-order valence-electron chi connectivity index (χ1n) is 6.78. The SMILES string of the molecule is CC(C)C1C(=O)N=C/C=C2/C=Nc3cccc(c32)N1C. The summed E-state index contributed by atoms with van der Waals surface area (Å²) in [6.07, 6.45) is 5.27. The Morgan fingerprint density at radius 1 is 1.25 bits per heavy atom. The molecule has 0 aromatic heterocycles. The maximum atomic E-state index is 12.3. The van der Waals surface area contributed by atoms with Crippen LogP contribution < -0.4 is 4.90 Å². The van der Waals surface area contributed by atoms with Crippen molar-refractivity contribution in [2.75, 3.05) is 11.9 Å². The first-order chi connectivity index (χ1) is 9.59. The van der Waals surface area contributed by atoms with Crippen molar-refractivity contribution in [1.82, 2.24) is 0 Å². The Labute approximate surface area is 118 Å². The predicted octanol–water partition coefficient (Wildman–Crippen LogP) is 2.86. The van der Waals surface area contributed by atoms with Crippen molar-refractivity contribution < 1.29 is 4.79 Å². The third-order valence-corrected chi connectivity index (χ3v) is 3.79. The molecule has 1 atom stereocenters. The fourth-order valence-corrected chi connectivity index (χ4v) is 2.87. The molecule has 3 rings (SSSR count). The fourth-order valence-electron chi connectivity index (χ4n) is 2.87. The van der Waals surface area contributed by atoms with E-state index in [0.717, 1.165) is 22.5 Å². The number of likely N-dealkylation sites (N-methyl/N-ethyl adjacent to an activating group) is 1. The lowest BCUT2D eigenvalue weighted by Crippen LogP contribution is -2.42. The van der Waals surface area contributed by atoms with E-state index >= 15 is 0 Å². The highest BCUT2D eigenvalue weighted by molar-refractivity contribution is 6.22. The Morgan fingerprint density at radius 3 is 2.80 bits per heavy atom. The Kier molecular flexibility index (Phi) is 3.01. The summed E-state index contributed by atoms with van der Waals surface area (Å²) >= 11 is 0. The van der Waals surface area contributed by atoms with Gasteiger partial charge in [0, 0.05) is 36.3 Å². The number of hydrogen-bond acceptors (Lipinski definition) is 3. The summed E-state index contributed by atoms with van der Waals surface area (Å²) < 4.78 is 0. The zero-order valence-electron chi connectivity index (χ0n) is 11.9. The lowest BCUT2D eigenvalue weighted by atomic mass is 9.99. The average Bonchev–Trinajstić information content (AvgIpc) is 2.82. The lowest BCUT2D eigenvalue weighted by Gasteiger charge is -2.31. The van der Waals surface area contributed by atoms with Gasteiger partial charge in [-0.05, 0) is 24.1 Å². The first-order valence-corrected chi connectivity index (χ1v) is 6.78. The average molecular weight is 267 g/mol. The fraction of sp³-hybridized carbons (Fsp3) is 0.312. The Morgan fingerprint density at radius 2 is 2.05 bits per heavy atom. The molecule has 102 valence electrons. The Balaban J connectivity index is 2.22. The molecule has 0 spiro atoms. The number of benzene rings is 1. The summed E-state index contributed by atoms with van der Waals surface area (Å²) in [6, 6.07) is 5.75. The third-order valence-electron chi connectivity index (χ3n) is 3.79.